The zero-order valence-corrected chi connectivity index (χ0v) is 32.5. The Labute approximate surface area is 327 Å². The molecule has 2 aromatic heterocycles. The Morgan fingerprint density at radius 1 is 0.714 bits per heavy atom. The Hall–Kier alpha value is -6.50. The van der Waals surface area contributed by atoms with E-state index in [9.17, 15) is 0 Å². The third-order valence-electron chi connectivity index (χ3n) is 12.5. The van der Waals surface area contributed by atoms with E-state index < -0.39 is 0 Å². The van der Waals surface area contributed by atoms with Crippen LogP contribution in [-0.2, 0) is 10.8 Å². The average molecular weight is 723 g/mol. The van der Waals surface area contributed by atoms with E-state index in [1.54, 1.807) is 0 Å². The number of aromatic nitrogens is 1. The van der Waals surface area contributed by atoms with Crippen LogP contribution in [0.2, 0.25) is 0 Å². The van der Waals surface area contributed by atoms with Crippen molar-refractivity contribution in [1.82, 2.24) is 4.57 Å². The zero-order valence-electron chi connectivity index (χ0n) is 32.5. The highest BCUT2D eigenvalue weighted by Crippen LogP contribution is 2.58. The number of furan rings is 1. The second kappa shape index (κ2) is 11.8. The van der Waals surface area contributed by atoms with Crippen molar-refractivity contribution in [3.63, 3.8) is 0 Å². The molecule has 3 heteroatoms. The van der Waals surface area contributed by atoms with Crippen LogP contribution >= 0.6 is 0 Å². The van der Waals surface area contributed by atoms with Gasteiger partial charge in [0.2, 0.25) is 0 Å². The summed E-state index contributed by atoms with van der Waals surface area (Å²) in [5.74, 6) is 0. The van der Waals surface area contributed by atoms with Crippen molar-refractivity contribution < 1.29 is 4.42 Å². The lowest BCUT2D eigenvalue weighted by molar-refractivity contribution is 0.590. The molecule has 270 valence electrons. The van der Waals surface area contributed by atoms with E-state index in [0.717, 1.165) is 51.8 Å². The van der Waals surface area contributed by atoms with Gasteiger partial charge in [0.1, 0.15) is 5.58 Å². The third-order valence-corrected chi connectivity index (χ3v) is 12.5. The van der Waals surface area contributed by atoms with Gasteiger partial charge in [-0.15, -0.1) is 0 Å². The molecule has 0 bridgehead atoms. The van der Waals surface area contributed by atoms with Crippen molar-refractivity contribution in [2.75, 3.05) is 4.90 Å². The Bertz CT molecular complexity index is 3140. The smallest absolute Gasteiger partial charge is 0.185 e. The fourth-order valence-corrected chi connectivity index (χ4v) is 9.68. The van der Waals surface area contributed by atoms with Crippen LogP contribution in [0.3, 0.4) is 0 Å². The number of allylic oxidation sites excluding steroid dienone is 4. The second-order valence-electron chi connectivity index (χ2n) is 17.1. The molecule has 2 aliphatic carbocycles. The molecule has 7 aromatic carbocycles. The van der Waals surface area contributed by atoms with Crippen LogP contribution in [0.5, 0.6) is 0 Å². The first-order chi connectivity index (χ1) is 27.2. The van der Waals surface area contributed by atoms with Crippen molar-refractivity contribution in [3.8, 4) is 11.1 Å². The van der Waals surface area contributed by atoms with E-state index in [4.69, 9.17) is 4.42 Å². The summed E-state index contributed by atoms with van der Waals surface area (Å²) < 4.78 is 9.52. The number of benzene rings is 6. The molecule has 0 unspecified atom stereocenters. The molecule has 9 aromatic rings. The lowest BCUT2D eigenvalue weighted by Gasteiger charge is -2.30. The van der Waals surface area contributed by atoms with Crippen LogP contribution in [0.15, 0.2) is 144 Å². The Morgan fingerprint density at radius 3 is 2.30 bits per heavy atom. The van der Waals surface area contributed by atoms with E-state index in [1.807, 2.05) is 6.07 Å². The summed E-state index contributed by atoms with van der Waals surface area (Å²) >= 11 is 0. The molecule has 0 aliphatic heterocycles. The van der Waals surface area contributed by atoms with Gasteiger partial charge in [0.25, 0.3) is 0 Å². The van der Waals surface area contributed by atoms with E-state index in [-0.39, 0.29) is 10.8 Å². The molecule has 0 atom stereocenters. The molecule has 0 radical (unpaired) electrons. The highest BCUT2D eigenvalue weighted by Gasteiger charge is 2.41. The number of anilines is 3. The van der Waals surface area contributed by atoms with Crippen LogP contribution in [0.1, 0.15) is 64.2 Å². The van der Waals surface area contributed by atoms with Gasteiger partial charge in [-0.2, -0.15) is 0 Å². The number of hydrogen-bond donors (Lipinski definition) is 0. The lowest BCUT2D eigenvalue weighted by Crippen LogP contribution is -2.17. The van der Waals surface area contributed by atoms with Gasteiger partial charge in [0.05, 0.1) is 27.8 Å². The summed E-state index contributed by atoms with van der Waals surface area (Å²) in [4.78, 5) is 2.51. The lowest BCUT2D eigenvalue weighted by atomic mass is 9.81. The number of para-hydroxylation sites is 1. The molecule has 0 saturated heterocycles. The number of hydrogen-bond acceptors (Lipinski definition) is 2. The molecule has 0 amide bonds. The molecule has 2 heterocycles. The maximum Gasteiger partial charge on any atom is 0.185 e. The Morgan fingerprint density at radius 2 is 1.50 bits per heavy atom. The summed E-state index contributed by atoms with van der Waals surface area (Å²) in [6, 6.07) is 51.5. The van der Waals surface area contributed by atoms with E-state index in [0.29, 0.717) is 0 Å². The second-order valence-corrected chi connectivity index (χ2v) is 17.1. The topological polar surface area (TPSA) is 21.3 Å². The molecule has 0 saturated carbocycles. The minimum atomic E-state index is -0.281. The fourth-order valence-electron chi connectivity index (χ4n) is 9.68. The first-order valence-corrected chi connectivity index (χ1v) is 19.8. The highest BCUT2D eigenvalue weighted by atomic mass is 16.3. The molecule has 3 nitrogen and oxygen atoms in total. The first kappa shape index (κ1) is 32.9. The molecule has 0 N–H and O–H groups in total. The average Bonchev–Trinajstić information content (AvgIpc) is 3.84. The maximum atomic E-state index is 7.03. The van der Waals surface area contributed by atoms with Gasteiger partial charge in [-0.3, -0.25) is 0 Å². The predicted molar refractivity (Wildman–Crippen MR) is 235 cm³/mol. The molecule has 56 heavy (non-hydrogen) atoms. The summed E-state index contributed by atoms with van der Waals surface area (Å²) in [5.41, 5.74) is 14.8. The quantitative estimate of drug-likeness (QED) is 0.180. The first-order valence-electron chi connectivity index (χ1n) is 19.8. The molecule has 0 fully saturated rings. The zero-order chi connectivity index (χ0) is 37.9. The molecule has 2 aliphatic rings. The standard InChI is InChI=1S/C53H42N2O/c1-52(2,3)34-27-29-36(30-28-34)55(44-24-15-23-43-48(44)38-20-11-13-22-42(38)54(43)35-17-7-6-8-18-35)45-32-41-50(51-49(45)39-21-12-14-25-46(39)56-51)47-37-19-10-9-16-33(37)26-31-40(47)53(41,4)5/h6-7,9-13,15-17,19-24,26-32H,8,18H2,1-5H3. The molecule has 11 rings (SSSR count). The fraction of sp³-hybridized carbons (Fsp3) is 0.170. The van der Waals surface area contributed by atoms with Crippen LogP contribution < -0.4 is 4.90 Å². The predicted octanol–water partition coefficient (Wildman–Crippen LogP) is 14.7. The summed E-state index contributed by atoms with van der Waals surface area (Å²) in [6.07, 6.45) is 8.78. The van der Waals surface area contributed by atoms with Crippen molar-refractivity contribution in [1.29, 1.82) is 0 Å². The Kier molecular flexibility index (Phi) is 6.90. The number of rotatable bonds is 4. The normalized spacial score (nSPS) is 14.8. The van der Waals surface area contributed by atoms with Gasteiger partial charge < -0.3 is 13.9 Å². The molecule has 0 spiro atoms. The SMILES string of the molecule is CC(C)(C)c1ccc(N(c2cc3c(c4oc5c#cccc5c24)-c2c(ccc4ccccc24)C3(C)C)c2cccc3c2c2ccccc2n3C2=CC=CCC2)cc1. The van der Waals surface area contributed by atoms with Crippen LogP contribution in [0.25, 0.3) is 71.3 Å². The van der Waals surface area contributed by atoms with Crippen LogP contribution in [-0.4, -0.2) is 4.57 Å². The van der Waals surface area contributed by atoms with Crippen molar-refractivity contribution >= 4 is 77.3 Å². The van der Waals surface area contributed by atoms with Gasteiger partial charge in [-0.25, -0.2) is 0 Å². The van der Waals surface area contributed by atoms with Gasteiger partial charge in [-0.1, -0.05) is 126 Å². The monoisotopic (exact) mass is 722 g/mol. The third kappa shape index (κ3) is 4.60. The van der Waals surface area contributed by atoms with E-state index >= 15 is 0 Å². The van der Waals surface area contributed by atoms with Gasteiger partial charge >= 0.3 is 0 Å². The van der Waals surface area contributed by atoms with Crippen LogP contribution in [0.4, 0.5) is 17.1 Å². The Balaban J connectivity index is 1.29. The summed E-state index contributed by atoms with van der Waals surface area (Å²) in [6.45, 7) is 11.6. The molecular formula is C53H42N2O. The highest BCUT2D eigenvalue weighted by molar-refractivity contribution is 6.23. The van der Waals surface area contributed by atoms with E-state index in [1.165, 1.54) is 66.1 Å². The van der Waals surface area contributed by atoms with Crippen LogP contribution in [0, 0.1) is 12.1 Å². The number of nitrogens with zero attached hydrogens (tertiary/aromatic N) is 2. The summed E-state index contributed by atoms with van der Waals surface area (Å²) in [5, 5.41) is 7.07. The van der Waals surface area contributed by atoms with Gasteiger partial charge in [0, 0.05) is 38.5 Å². The number of fused-ring (bicyclic) bond motifs is 12. The van der Waals surface area contributed by atoms with E-state index in [2.05, 4.69) is 190 Å². The minimum absolute atomic E-state index is 0.0193. The van der Waals surface area contributed by atoms with Crippen molar-refractivity contribution in [3.05, 3.63) is 168 Å². The van der Waals surface area contributed by atoms with Crippen molar-refractivity contribution in [2.24, 2.45) is 0 Å². The maximum absolute atomic E-state index is 7.03. The molecular weight excluding hydrogens is 681 g/mol. The van der Waals surface area contributed by atoms with Crippen molar-refractivity contribution in [2.45, 2.75) is 58.3 Å². The summed E-state index contributed by atoms with van der Waals surface area (Å²) in [7, 11) is 0. The van der Waals surface area contributed by atoms with Gasteiger partial charge in [-0.05, 0) is 112 Å². The largest absolute Gasteiger partial charge is 0.446 e. The van der Waals surface area contributed by atoms with Gasteiger partial charge in [0.15, 0.2) is 5.58 Å². The minimum Gasteiger partial charge on any atom is -0.446 e.